The molecule has 2 aromatic carbocycles. The van der Waals surface area contributed by atoms with Crippen molar-refractivity contribution in [3.8, 4) is 5.75 Å². The Kier molecular flexibility index (Phi) is 6.35. The minimum atomic E-state index is -0.552. The van der Waals surface area contributed by atoms with Crippen LogP contribution in [0.5, 0.6) is 5.75 Å². The van der Waals surface area contributed by atoms with E-state index in [-0.39, 0.29) is 11.8 Å². The van der Waals surface area contributed by atoms with Crippen LogP contribution in [0.3, 0.4) is 0 Å². The maximum atomic E-state index is 13.3. The number of pyridine rings is 1. The number of nitrogens with zero attached hydrogens (tertiary/aromatic N) is 1. The first kappa shape index (κ1) is 22.1. The summed E-state index contributed by atoms with van der Waals surface area (Å²) in [6.45, 7) is 3.77. The lowest BCUT2D eigenvalue weighted by molar-refractivity contribution is -0.114. The van der Waals surface area contributed by atoms with E-state index >= 15 is 0 Å². The second-order valence-corrected chi connectivity index (χ2v) is 8.42. The van der Waals surface area contributed by atoms with Crippen LogP contribution >= 0.6 is 23.2 Å². The van der Waals surface area contributed by atoms with Gasteiger partial charge in [0.2, 0.25) is 5.91 Å². The molecule has 6 nitrogen and oxygen atoms in total. The third-order valence-electron chi connectivity index (χ3n) is 5.24. The molecule has 164 valence electrons. The molecule has 2 N–H and O–H groups in total. The number of hydrogen-bond acceptors (Lipinski definition) is 4. The highest BCUT2D eigenvalue weighted by Gasteiger charge is 2.24. The van der Waals surface area contributed by atoms with Crippen molar-refractivity contribution in [1.29, 1.82) is 0 Å². The molecular weight excluding hydrogens is 449 g/mol. The van der Waals surface area contributed by atoms with Crippen molar-refractivity contribution in [2.75, 3.05) is 11.9 Å². The molecule has 2 heterocycles. The first-order chi connectivity index (χ1) is 15.3. The Balaban J connectivity index is 1.74. The largest absolute Gasteiger partial charge is 0.493 e. The molecule has 8 heteroatoms. The molecule has 1 aliphatic heterocycles. The summed E-state index contributed by atoms with van der Waals surface area (Å²) in [7, 11) is 0. The molecule has 1 aliphatic rings. The monoisotopic (exact) mass is 469 g/mol. The fourth-order valence-electron chi connectivity index (χ4n) is 3.71. The van der Waals surface area contributed by atoms with E-state index in [1.165, 1.54) is 13.1 Å². The van der Waals surface area contributed by atoms with Crippen LogP contribution < -0.4 is 15.4 Å². The zero-order chi connectivity index (χ0) is 22.8. The minimum absolute atomic E-state index is 0.244. The third-order valence-corrected chi connectivity index (χ3v) is 5.82. The summed E-state index contributed by atoms with van der Waals surface area (Å²) in [6.07, 6.45) is 2.31. The van der Waals surface area contributed by atoms with E-state index in [2.05, 4.69) is 15.6 Å². The van der Waals surface area contributed by atoms with Crippen LogP contribution in [0.25, 0.3) is 0 Å². The molecular formula is C24H21Cl2N3O3. The normalized spacial score (nSPS) is 13.1. The van der Waals surface area contributed by atoms with Crippen molar-refractivity contribution in [2.45, 2.75) is 26.3 Å². The van der Waals surface area contributed by atoms with Gasteiger partial charge in [-0.05, 0) is 60.0 Å². The van der Waals surface area contributed by atoms with Gasteiger partial charge in [-0.15, -0.1) is 0 Å². The zero-order valence-electron chi connectivity index (χ0n) is 17.5. The van der Waals surface area contributed by atoms with E-state index in [4.69, 9.17) is 27.9 Å². The quantitative estimate of drug-likeness (QED) is 0.543. The van der Waals surface area contributed by atoms with Gasteiger partial charge in [0.05, 0.1) is 35.8 Å². The fourth-order valence-corrected chi connectivity index (χ4v) is 4.11. The highest BCUT2D eigenvalue weighted by molar-refractivity contribution is 6.33. The molecule has 0 saturated carbocycles. The average molecular weight is 470 g/mol. The lowest BCUT2D eigenvalue weighted by atomic mass is 9.95. The first-order valence-corrected chi connectivity index (χ1v) is 10.8. The molecule has 0 bridgehead atoms. The predicted molar refractivity (Wildman–Crippen MR) is 125 cm³/mol. The predicted octanol–water partition coefficient (Wildman–Crippen LogP) is 5.11. The molecule has 1 unspecified atom stereocenters. The molecule has 32 heavy (non-hydrogen) atoms. The molecule has 1 aromatic heterocycles. The van der Waals surface area contributed by atoms with Crippen LogP contribution in [0.2, 0.25) is 10.0 Å². The van der Waals surface area contributed by atoms with Gasteiger partial charge in [0.25, 0.3) is 5.91 Å². The highest BCUT2D eigenvalue weighted by Crippen LogP contribution is 2.34. The summed E-state index contributed by atoms with van der Waals surface area (Å²) in [5.41, 5.74) is 3.94. The molecule has 0 saturated heterocycles. The Morgan fingerprint density at radius 1 is 1.12 bits per heavy atom. The Labute approximate surface area is 195 Å². The van der Waals surface area contributed by atoms with Crippen LogP contribution in [0.4, 0.5) is 5.69 Å². The molecule has 0 radical (unpaired) electrons. The Morgan fingerprint density at radius 3 is 2.72 bits per heavy atom. The summed E-state index contributed by atoms with van der Waals surface area (Å²) in [5, 5.41) is 6.72. The number of benzene rings is 2. The number of carbonyl (C=O) groups excluding carboxylic acids is 2. The first-order valence-electron chi connectivity index (χ1n) is 10.1. The van der Waals surface area contributed by atoms with Crippen molar-refractivity contribution in [3.63, 3.8) is 0 Å². The Morgan fingerprint density at radius 2 is 1.94 bits per heavy atom. The molecule has 1 atom stereocenters. The Hall–Kier alpha value is -3.09. The van der Waals surface area contributed by atoms with Crippen molar-refractivity contribution in [1.82, 2.24) is 10.3 Å². The molecule has 3 aromatic rings. The summed E-state index contributed by atoms with van der Waals surface area (Å²) >= 11 is 12.8. The van der Waals surface area contributed by atoms with Gasteiger partial charge in [0.15, 0.2) is 0 Å². The zero-order valence-corrected chi connectivity index (χ0v) is 19.1. The maximum Gasteiger partial charge on any atom is 0.253 e. The van der Waals surface area contributed by atoms with E-state index in [9.17, 15) is 9.59 Å². The van der Waals surface area contributed by atoms with Crippen LogP contribution in [-0.2, 0) is 11.2 Å². The standard InChI is InChI=1S/C24H21Cl2N3O3/c1-13-19(11-18(12-27-13)28-14(2)30)24(31)29-23(20-10-17(25)4-5-21(20)26)16-3-6-22-15(9-16)7-8-32-22/h3-6,9-12,23H,7-8H2,1-2H3,(H,28,30)(H,29,31). The maximum absolute atomic E-state index is 13.3. The van der Waals surface area contributed by atoms with Crippen molar-refractivity contribution >= 4 is 40.7 Å². The highest BCUT2D eigenvalue weighted by atomic mass is 35.5. The van der Waals surface area contributed by atoms with Crippen LogP contribution in [0, 0.1) is 6.92 Å². The summed E-state index contributed by atoms with van der Waals surface area (Å²) < 4.78 is 5.62. The number of fused-ring (bicyclic) bond motifs is 1. The lowest BCUT2D eigenvalue weighted by Gasteiger charge is -2.22. The third kappa shape index (κ3) is 4.71. The second-order valence-electron chi connectivity index (χ2n) is 7.58. The number of amides is 2. The minimum Gasteiger partial charge on any atom is -0.493 e. The van der Waals surface area contributed by atoms with Gasteiger partial charge in [0, 0.05) is 23.4 Å². The number of nitrogens with one attached hydrogen (secondary N) is 2. The molecule has 0 spiro atoms. The van der Waals surface area contributed by atoms with Crippen LogP contribution in [-0.4, -0.2) is 23.4 Å². The van der Waals surface area contributed by atoms with Crippen LogP contribution in [0.1, 0.15) is 45.7 Å². The summed E-state index contributed by atoms with van der Waals surface area (Å²) in [6, 6.07) is 12.0. The van der Waals surface area contributed by atoms with E-state index in [0.717, 1.165) is 23.3 Å². The number of carbonyl (C=O) groups is 2. The van der Waals surface area contributed by atoms with E-state index in [1.54, 1.807) is 31.2 Å². The average Bonchev–Trinajstić information content (AvgIpc) is 3.22. The number of anilines is 1. The second kappa shape index (κ2) is 9.18. The smallest absolute Gasteiger partial charge is 0.253 e. The summed E-state index contributed by atoms with van der Waals surface area (Å²) in [5.74, 6) is 0.255. The molecule has 4 rings (SSSR count). The topological polar surface area (TPSA) is 80.3 Å². The molecule has 2 amide bonds. The number of hydrogen-bond donors (Lipinski definition) is 2. The number of halogens is 2. The SMILES string of the molecule is CC(=O)Nc1cnc(C)c(C(=O)NC(c2ccc3c(c2)CCO3)c2cc(Cl)ccc2Cl)c1. The van der Waals surface area contributed by atoms with Crippen molar-refractivity contribution < 1.29 is 14.3 Å². The van der Waals surface area contributed by atoms with Gasteiger partial charge >= 0.3 is 0 Å². The van der Waals surface area contributed by atoms with Gasteiger partial charge < -0.3 is 15.4 Å². The number of aromatic nitrogens is 1. The van der Waals surface area contributed by atoms with Gasteiger partial charge in [-0.2, -0.15) is 0 Å². The fraction of sp³-hybridized carbons (Fsp3) is 0.208. The van der Waals surface area contributed by atoms with Gasteiger partial charge in [-0.25, -0.2) is 0 Å². The van der Waals surface area contributed by atoms with Crippen molar-refractivity contribution in [2.24, 2.45) is 0 Å². The van der Waals surface area contributed by atoms with E-state index in [0.29, 0.717) is 39.2 Å². The number of ether oxygens (including phenoxy) is 1. The van der Waals surface area contributed by atoms with Crippen LogP contribution in [0.15, 0.2) is 48.7 Å². The molecule has 0 aliphatic carbocycles. The Bertz CT molecular complexity index is 1210. The van der Waals surface area contributed by atoms with Crippen molar-refractivity contribution in [3.05, 3.63) is 86.7 Å². The van der Waals surface area contributed by atoms with Gasteiger partial charge in [-0.3, -0.25) is 14.6 Å². The van der Waals surface area contributed by atoms with Gasteiger partial charge in [0.1, 0.15) is 5.75 Å². The molecule has 0 fully saturated rings. The number of rotatable bonds is 5. The number of aryl methyl sites for hydroxylation is 1. The van der Waals surface area contributed by atoms with Gasteiger partial charge in [-0.1, -0.05) is 29.3 Å². The summed E-state index contributed by atoms with van der Waals surface area (Å²) in [4.78, 5) is 29.0. The van der Waals surface area contributed by atoms with E-state index in [1.807, 2.05) is 18.2 Å². The lowest BCUT2D eigenvalue weighted by Crippen LogP contribution is -2.30. The van der Waals surface area contributed by atoms with E-state index < -0.39 is 6.04 Å².